The number of hydrogen-bond acceptors (Lipinski definition) is 3. The van der Waals surface area contributed by atoms with E-state index in [2.05, 4.69) is 0 Å². The van der Waals surface area contributed by atoms with Crippen molar-refractivity contribution >= 4 is 28.2 Å². The van der Waals surface area contributed by atoms with E-state index in [0.29, 0.717) is 17.9 Å². The summed E-state index contributed by atoms with van der Waals surface area (Å²) in [5.41, 5.74) is 0. The number of halogens is 1. The van der Waals surface area contributed by atoms with Crippen molar-refractivity contribution in [2.45, 2.75) is 73.8 Å². The summed E-state index contributed by atoms with van der Waals surface area (Å²) in [6, 6.07) is 8.91. The van der Waals surface area contributed by atoms with Crippen molar-refractivity contribution in [3.05, 3.63) is 30.3 Å². The summed E-state index contributed by atoms with van der Waals surface area (Å²) in [6.45, 7) is 0.296. The maximum Gasteiger partial charge on any atom is 0.171 e. The number of unbranched alkanes of at least 4 members (excludes halogenated alkanes) is 8. The van der Waals surface area contributed by atoms with Crippen LogP contribution in [0.15, 0.2) is 35.2 Å². The summed E-state index contributed by atoms with van der Waals surface area (Å²) in [6.07, 6.45) is 10.2. The molecule has 2 atom stereocenters. The van der Waals surface area contributed by atoms with Gasteiger partial charge in [-0.15, -0.1) is 0 Å². The van der Waals surface area contributed by atoms with Gasteiger partial charge >= 0.3 is 0 Å². The van der Waals surface area contributed by atoms with Gasteiger partial charge in [-0.1, -0.05) is 74.7 Å². The quantitative estimate of drug-likeness (QED) is 0.376. The van der Waals surface area contributed by atoms with Crippen molar-refractivity contribution in [1.29, 1.82) is 0 Å². The molecule has 24 heavy (non-hydrogen) atoms. The fourth-order valence-corrected chi connectivity index (χ4v) is 3.99. The third-order valence-corrected chi connectivity index (χ3v) is 6.10. The number of rotatable bonds is 14. The number of aliphatic hydroxyl groups excluding tert-OH is 1. The van der Waals surface area contributed by atoms with E-state index in [-0.39, 0.29) is 5.78 Å². The van der Waals surface area contributed by atoms with Gasteiger partial charge in [0.2, 0.25) is 0 Å². The first-order valence-corrected chi connectivity index (χ1v) is 10.5. The number of alkyl halides is 1. The molecule has 0 fully saturated rings. The first kappa shape index (κ1) is 21.3. The third-order valence-electron chi connectivity index (χ3n) is 4.00. The second-order valence-electron chi connectivity index (χ2n) is 6.05. The minimum Gasteiger partial charge on any atom is -0.396 e. The first-order valence-electron chi connectivity index (χ1n) is 8.90. The van der Waals surface area contributed by atoms with Gasteiger partial charge in [-0.2, -0.15) is 0 Å². The highest BCUT2D eigenvalue weighted by atomic mass is 35.5. The Morgan fingerprint density at radius 2 is 1.42 bits per heavy atom. The summed E-state index contributed by atoms with van der Waals surface area (Å²) in [5.74, 6) is -0.122. The molecule has 5 heteroatoms. The zero-order chi connectivity index (χ0) is 17.6. The fraction of sp³-hybridized carbons (Fsp3) is 0.632. The summed E-state index contributed by atoms with van der Waals surface area (Å²) in [4.78, 5) is 12.7. The van der Waals surface area contributed by atoms with Gasteiger partial charge in [-0.05, 0) is 25.0 Å². The van der Waals surface area contributed by atoms with Gasteiger partial charge < -0.3 is 5.11 Å². The molecule has 0 amide bonds. The molecule has 0 aliphatic heterocycles. The molecule has 136 valence electrons. The van der Waals surface area contributed by atoms with E-state index < -0.39 is 15.5 Å². The van der Waals surface area contributed by atoms with Gasteiger partial charge in [0.15, 0.2) is 10.5 Å². The van der Waals surface area contributed by atoms with E-state index in [0.717, 1.165) is 32.1 Å². The van der Waals surface area contributed by atoms with Crippen LogP contribution in [0.5, 0.6) is 0 Å². The monoisotopic (exact) mass is 372 g/mol. The number of benzene rings is 1. The number of Topliss-reactive ketones (excluding diaryl/α,β-unsaturated/α-hetero) is 1. The Labute approximate surface area is 153 Å². The Kier molecular flexibility index (Phi) is 12.1. The highest BCUT2D eigenvalue weighted by molar-refractivity contribution is 7.88. The van der Waals surface area contributed by atoms with Gasteiger partial charge in [0.25, 0.3) is 0 Å². The molecular weight excluding hydrogens is 344 g/mol. The SMILES string of the molecule is O=C(CCCCCCCCCCCO)C(Cl)S(=O)c1ccccc1. The van der Waals surface area contributed by atoms with Crippen LogP contribution in [0.3, 0.4) is 0 Å². The smallest absolute Gasteiger partial charge is 0.171 e. The van der Waals surface area contributed by atoms with Gasteiger partial charge in [0.1, 0.15) is 0 Å². The molecule has 3 nitrogen and oxygen atoms in total. The van der Waals surface area contributed by atoms with Crippen LogP contribution < -0.4 is 0 Å². The van der Waals surface area contributed by atoms with Crippen LogP contribution in [-0.2, 0) is 15.6 Å². The van der Waals surface area contributed by atoms with Crippen LogP contribution in [0.1, 0.15) is 64.2 Å². The van der Waals surface area contributed by atoms with Crippen molar-refractivity contribution in [1.82, 2.24) is 0 Å². The maximum atomic E-state index is 12.2. The molecule has 1 N–H and O–H groups in total. The highest BCUT2D eigenvalue weighted by Gasteiger charge is 2.22. The molecule has 1 rings (SSSR count). The predicted molar refractivity (Wildman–Crippen MR) is 101 cm³/mol. The van der Waals surface area contributed by atoms with Crippen LogP contribution in [0.2, 0.25) is 0 Å². The molecule has 1 aromatic carbocycles. The lowest BCUT2D eigenvalue weighted by Gasteiger charge is -2.08. The van der Waals surface area contributed by atoms with Gasteiger partial charge in [-0.25, -0.2) is 0 Å². The van der Waals surface area contributed by atoms with Crippen molar-refractivity contribution in [3.63, 3.8) is 0 Å². The lowest BCUT2D eigenvalue weighted by atomic mass is 10.1. The molecule has 0 aliphatic carbocycles. The summed E-state index contributed by atoms with van der Waals surface area (Å²) < 4.78 is 11.3. The van der Waals surface area contributed by atoms with Crippen LogP contribution in [-0.4, -0.2) is 26.4 Å². The van der Waals surface area contributed by atoms with Crippen LogP contribution in [0.4, 0.5) is 0 Å². The van der Waals surface area contributed by atoms with Crippen LogP contribution in [0.25, 0.3) is 0 Å². The minimum absolute atomic E-state index is 0.122. The standard InChI is InChI=1S/C19H29ClO3S/c20-19(24(23)17-13-9-8-10-14-17)18(22)15-11-6-4-2-1-3-5-7-12-16-21/h8-10,13-14,19,21H,1-7,11-12,15-16H2. The second kappa shape index (κ2) is 13.6. The van der Waals surface area contributed by atoms with E-state index in [1.54, 1.807) is 24.3 Å². The lowest BCUT2D eigenvalue weighted by Crippen LogP contribution is -2.20. The largest absolute Gasteiger partial charge is 0.396 e. The first-order chi connectivity index (χ1) is 11.7. The van der Waals surface area contributed by atoms with Crippen molar-refractivity contribution in [2.24, 2.45) is 0 Å². The Hall–Kier alpha value is -0.710. The maximum absolute atomic E-state index is 12.2. The normalized spacial score (nSPS) is 13.6. The molecule has 0 saturated heterocycles. The molecule has 0 saturated carbocycles. The summed E-state index contributed by atoms with van der Waals surface area (Å²) in [7, 11) is -1.47. The van der Waals surface area contributed by atoms with E-state index >= 15 is 0 Å². The molecule has 0 aromatic heterocycles. The zero-order valence-electron chi connectivity index (χ0n) is 14.3. The van der Waals surface area contributed by atoms with Gasteiger partial charge in [0.05, 0.1) is 10.8 Å². The fourth-order valence-electron chi connectivity index (χ4n) is 2.56. The van der Waals surface area contributed by atoms with E-state index in [4.69, 9.17) is 16.7 Å². The molecule has 0 aliphatic rings. The average Bonchev–Trinajstić information content (AvgIpc) is 2.62. The molecular formula is C19H29ClO3S. The topological polar surface area (TPSA) is 54.4 Å². The van der Waals surface area contributed by atoms with Gasteiger partial charge in [-0.3, -0.25) is 9.00 Å². The molecule has 0 radical (unpaired) electrons. The van der Waals surface area contributed by atoms with Crippen molar-refractivity contribution in [3.8, 4) is 0 Å². The number of carbonyl (C=O) groups excluding carboxylic acids is 1. The lowest BCUT2D eigenvalue weighted by molar-refractivity contribution is -0.117. The van der Waals surface area contributed by atoms with E-state index in [1.807, 2.05) is 6.07 Å². The number of hydrogen-bond donors (Lipinski definition) is 1. The van der Waals surface area contributed by atoms with E-state index in [1.165, 1.54) is 25.7 Å². The number of ketones is 1. The molecule has 0 spiro atoms. The Balaban J connectivity index is 2.08. The number of carbonyl (C=O) groups is 1. The molecule has 1 aromatic rings. The zero-order valence-corrected chi connectivity index (χ0v) is 15.9. The summed E-state index contributed by atoms with van der Waals surface area (Å²) in [5, 5.41) is 8.69. The average molecular weight is 373 g/mol. The molecule has 0 bridgehead atoms. The van der Waals surface area contributed by atoms with Gasteiger partial charge in [0, 0.05) is 17.9 Å². The Bertz CT molecular complexity index is 479. The molecule has 0 heterocycles. The highest BCUT2D eigenvalue weighted by Crippen LogP contribution is 2.18. The Morgan fingerprint density at radius 3 is 1.96 bits per heavy atom. The van der Waals surface area contributed by atoms with Crippen LogP contribution in [0, 0.1) is 0 Å². The van der Waals surface area contributed by atoms with Crippen molar-refractivity contribution < 1.29 is 14.1 Å². The number of aliphatic hydroxyl groups is 1. The summed E-state index contributed by atoms with van der Waals surface area (Å²) >= 11 is 6.07. The predicted octanol–water partition coefficient (Wildman–Crippen LogP) is 4.82. The Morgan fingerprint density at radius 1 is 0.917 bits per heavy atom. The van der Waals surface area contributed by atoms with Crippen molar-refractivity contribution in [2.75, 3.05) is 6.61 Å². The minimum atomic E-state index is -1.47. The van der Waals surface area contributed by atoms with E-state index in [9.17, 15) is 9.00 Å². The van der Waals surface area contributed by atoms with Crippen LogP contribution >= 0.6 is 11.6 Å². The molecule has 2 unspecified atom stereocenters. The third kappa shape index (κ3) is 8.95. The second-order valence-corrected chi connectivity index (χ2v) is 8.28.